The molecule has 7 nitrogen and oxygen atoms in total. The molecule has 126 valence electrons. The Bertz CT molecular complexity index is 744. The van der Waals surface area contributed by atoms with Gasteiger partial charge in [-0.3, -0.25) is 15.1 Å². The average molecular weight is 345 g/mol. The fourth-order valence-electron chi connectivity index (χ4n) is 2.47. The first kappa shape index (κ1) is 16.4. The van der Waals surface area contributed by atoms with E-state index in [-0.39, 0.29) is 18.0 Å². The van der Waals surface area contributed by atoms with Crippen LogP contribution in [-0.2, 0) is 13.0 Å². The van der Waals surface area contributed by atoms with Gasteiger partial charge in [-0.05, 0) is 26.0 Å². The van der Waals surface area contributed by atoms with Crippen LogP contribution in [-0.4, -0.2) is 39.4 Å². The van der Waals surface area contributed by atoms with Crippen LogP contribution in [0.2, 0.25) is 0 Å². The van der Waals surface area contributed by atoms with Crippen molar-refractivity contribution in [3.63, 3.8) is 0 Å². The van der Waals surface area contributed by atoms with Gasteiger partial charge in [-0.1, -0.05) is 17.4 Å². The lowest BCUT2D eigenvalue weighted by molar-refractivity contribution is 0.0730. The van der Waals surface area contributed by atoms with E-state index in [0.717, 1.165) is 10.6 Å². The largest absolute Gasteiger partial charge is 0.336 e. The summed E-state index contributed by atoms with van der Waals surface area (Å²) in [6.07, 6.45) is 2.29. The van der Waals surface area contributed by atoms with E-state index in [2.05, 4.69) is 20.6 Å². The van der Waals surface area contributed by atoms with Gasteiger partial charge >= 0.3 is 6.03 Å². The Morgan fingerprint density at radius 2 is 2.17 bits per heavy atom. The molecule has 0 unspecified atom stereocenters. The molecule has 0 radical (unpaired) electrons. The highest BCUT2D eigenvalue weighted by Crippen LogP contribution is 2.28. The van der Waals surface area contributed by atoms with Gasteiger partial charge in [0, 0.05) is 30.1 Å². The van der Waals surface area contributed by atoms with Crippen LogP contribution in [0.1, 0.15) is 34.9 Å². The summed E-state index contributed by atoms with van der Waals surface area (Å²) in [7, 11) is 0. The van der Waals surface area contributed by atoms with Crippen molar-refractivity contribution in [1.29, 1.82) is 0 Å². The van der Waals surface area contributed by atoms with Crippen LogP contribution in [0.4, 0.5) is 9.93 Å². The van der Waals surface area contributed by atoms with Gasteiger partial charge < -0.3 is 10.2 Å². The van der Waals surface area contributed by atoms with Gasteiger partial charge in [-0.15, -0.1) is 0 Å². The van der Waals surface area contributed by atoms with Crippen LogP contribution in [0, 0.1) is 0 Å². The standard InChI is InChI=1S/C16H19N5O2S/c1-10(2)18-15(23)20-16-19-11-6-8-21(9-13(11)24-16)14(22)12-5-3-4-7-17-12/h3-5,7,10H,6,8-9H2,1-2H3,(H2,18,19,20,23). The first-order valence-corrected chi connectivity index (χ1v) is 8.61. The number of amides is 3. The minimum Gasteiger partial charge on any atom is -0.336 e. The third kappa shape index (κ3) is 3.70. The van der Waals surface area contributed by atoms with Gasteiger partial charge in [0.15, 0.2) is 5.13 Å². The SMILES string of the molecule is CC(C)NC(=O)Nc1nc2c(s1)CN(C(=O)c1ccccn1)CC2. The lowest BCUT2D eigenvalue weighted by atomic mass is 10.1. The number of aromatic nitrogens is 2. The number of nitrogens with one attached hydrogen (secondary N) is 2. The third-order valence-electron chi connectivity index (χ3n) is 3.54. The van der Waals surface area contributed by atoms with Crippen LogP contribution < -0.4 is 10.6 Å². The fourth-order valence-corrected chi connectivity index (χ4v) is 3.49. The summed E-state index contributed by atoms with van der Waals surface area (Å²) in [5.74, 6) is -0.0817. The summed E-state index contributed by atoms with van der Waals surface area (Å²) in [6.45, 7) is 4.89. The molecule has 0 saturated heterocycles. The summed E-state index contributed by atoms with van der Waals surface area (Å²) in [4.78, 5) is 35.6. The maximum Gasteiger partial charge on any atom is 0.321 e. The monoisotopic (exact) mass is 345 g/mol. The summed E-state index contributed by atoms with van der Waals surface area (Å²) < 4.78 is 0. The number of carbonyl (C=O) groups is 2. The van der Waals surface area contributed by atoms with E-state index in [4.69, 9.17) is 0 Å². The third-order valence-corrected chi connectivity index (χ3v) is 4.54. The van der Waals surface area contributed by atoms with E-state index in [0.29, 0.717) is 30.3 Å². The molecule has 2 aromatic rings. The molecule has 8 heteroatoms. The maximum absolute atomic E-state index is 12.5. The van der Waals surface area contributed by atoms with Crippen LogP contribution in [0.15, 0.2) is 24.4 Å². The minimum absolute atomic E-state index is 0.0612. The second-order valence-corrected chi connectivity index (χ2v) is 6.92. The zero-order valence-corrected chi connectivity index (χ0v) is 14.4. The first-order valence-electron chi connectivity index (χ1n) is 7.79. The van der Waals surface area contributed by atoms with Gasteiger partial charge in [0.25, 0.3) is 5.91 Å². The minimum atomic E-state index is -0.266. The topological polar surface area (TPSA) is 87.2 Å². The van der Waals surface area contributed by atoms with Crippen LogP contribution in [0.25, 0.3) is 0 Å². The summed E-state index contributed by atoms with van der Waals surface area (Å²) in [5.41, 5.74) is 1.39. The van der Waals surface area contributed by atoms with Crippen molar-refractivity contribution in [3.05, 3.63) is 40.7 Å². The highest BCUT2D eigenvalue weighted by Gasteiger charge is 2.25. The Labute approximate surface area is 144 Å². The van der Waals surface area contributed by atoms with E-state index in [9.17, 15) is 9.59 Å². The molecule has 0 spiro atoms. The van der Waals surface area contributed by atoms with E-state index >= 15 is 0 Å². The van der Waals surface area contributed by atoms with Gasteiger partial charge in [0.2, 0.25) is 0 Å². The molecule has 3 rings (SSSR count). The molecule has 0 aliphatic carbocycles. The smallest absolute Gasteiger partial charge is 0.321 e. The van der Waals surface area contributed by atoms with Crippen molar-refractivity contribution in [1.82, 2.24) is 20.2 Å². The highest BCUT2D eigenvalue weighted by atomic mass is 32.1. The summed E-state index contributed by atoms with van der Waals surface area (Å²) in [6, 6.07) is 5.10. The molecular formula is C16H19N5O2S. The van der Waals surface area contributed by atoms with E-state index in [1.807, 2.05) is 13.8 Å². The van der Waals surface area contributed by atoms with Crippen molar-refractivity contribution in [2.24, 2.45) is 0 Å². The quantitative estimate of drug-likeness (QED) is 0.893. The Balaban J connectivity index is 1.68. The first-order chi connectivity index (χ1) is 11.5. The van der Waals surface area contributed by atoms with Crippen LogP contribution in [0.3, 0.4) is 0 Å². The van der Waals surface area contributed by atoms with E-state index in [1.165, 1.54) is 11.3 Å². The zero-order valence-electron chi connectivity index (χ0n) is 13.6. The van der Waals surface area contributed by atoms with Crippen molar-refractivity contribution >= 4 is 28.4 Å². The van der Waals surface area contributed by atoms with Crippen molar-refractivity contribution in [3.8, 4) is 0 Å². The molecule has 2 aromatic heterocycles. The fraction of sp³-hybridized carbons (Fsp3) is 0.375. The second-order valence-electron chi connectivity index (χ2n) is 5.83. The summed E-state index contributed by atoms with van der Waals surface area (Å²) in [5, 5.41) is 6.07. The number of anilines is 1. The number of urea groups is 1. The lowest BCUT2D eigenvalue weighted by Crippen LogP contribution is -2.35. The second kappa shape index (κ2) is 6.96. The average Bonchev–Trinajstić information content (AvgIpc) is 2.95. The molecule has 0 saturated carbocycles. The maximum atomic E-state index is 12.5. The van der Waals surface area contributed by atoms with E-state index in [1.54, 1.807) is 29.3 Å². The molecule has 3 amide bonds. The molecule has 24 heavy (non-hydrogen) atoms. The number of carbonyl (C=O) groups excluding carboxylic acids is 2. The van der Waals surface area contributed by atoms with Gasteiger partial charge in [0.05, 0.1) is 12.2 Å². The number of rotatable bonds is 3. The predicted octanol–water partition coefficient (Wildman–Crippen LogP) is 2.27. The number of thiazole rings is 1. The Morgan fingerprint density at radius 1 is 1.33 bits per heavy atom. The van der Waals surface area contributed by atoms with Crippen molar-refractivity contribution in [2.75, 3.05) is 11.9 Å². The Kier molecular flexibility index (Phi) is 4.75. The Morgan fingerprint density at radius 3 is 2.88 bits per heavy atom. The van der Waals surface area contributed by atoms with Crippen molar-refractivity contribution < 1.29 is 9.59 Å². The molecule has 3 heterocycles. The highest BCUT2D eigenvalue weighted by molar-refractivity contribution is 7.15. The molecule has 0 bridgehead atoms. The van der Waals surface area contributed by atoms with Gasteiger partial charge in [-0.25, -0.2) is 9.78 Å². The normalized spacial score (nSPS) is 13.5. The molecule has 2 N–H and O–H groups in total. The Hall–Kier alpha value is -2.48. The lowest BCUT2D eigenvalue weighted by Gasteiger charge is -2.25. The number of pyridine rings is 1. The molecule has 1 aliphatic rings. The molecule has 0 aromatic carbocycles. The summed E-state index contributed by atoms with van der Waals surface area (Å²) >= 11 is 1.41. The van der Waals surface area contributed by atoms with E-state index < -0.39 is 0 Å². The molecule has 0 atom stereocenters. The van der Waals surface area contributed by atoms with Crippen molar-refractivity contribution in [2.45, 2.75) is 32.9 Å². The molecule has 1 aliphatic heterocycles. The number of hydrogen-bond donors (Lipinski definition) is 2. The molecule has 0 fully saturated rings. The number of nitrogens with zero attached hydrogens (tertiary/aromatic N) is 3. The van der Waals surface area contributed by atoms with Crippen LogP contribution in [0.5, 0.6) is 0 Å². The number of hydrogen-bond acceptors (Lipinski definition) is 5. The molecular weight excluding hydrogens is 326 g/mol. The van der Waals surface area contributed by atoms with Crippen LogP contribution >= 0.6 is 11.3 Å². The van der Waals surface area contributed by atoms with Gasteiger partial charge in [0.1, 0.15) is 5.69 Å². The zero-order chi connectivity index (χ0) is 17.1. The predicted molar refractivity (Wildman–Crippen MR) is 92.1 cm³/mol. The van der Waals surface area contributed by atoms with Gasteiger partial charge in [-0.2, -0.15) is 0 Å². The number of fused-ring (bicyclic) bond motifs is 1.